The van der Waals surface area contributed by atoms with E-state index >= 15 is 4.39 Å². The van der Waals surface area contributed by atoms with Crippen molar-refractivity contribution < 1.29 is 35.5 Å². The molecule has 3 rings (SSSR count). The van der Waals surface area contributed by atoms with Crippen LogP contribution < -0.4 is 15.0 Å². The molecule has 198 valence electrons. The Bertz CT molecular complexity index is 1190. The zero-order valence-electron chi connectivity index (χ0n) is 19.3. The topological polar surface area (TPSA) is 67.6 Å². The summed E-state index contributed by atoms with van der Waals surface area (Å²) in [6.45, 7) is 1.35. The van der Waals surface area contributed by atoms with Crippen LogP contribution in [-0.4, -0.2) is 64.7 Å². The minimum Gasteiger partial charge on any atom is -0.493 e. The fourth-order valence-corrected chi connectivity index (χ4v) is 3.73. The molecule has 0 aliphatic carbocycles. The molecule has 0 aliphatic rings. The van der Waals surface area contributed by atoms with Gasteiger partial charge in [0.25, 0.3) is 5.78 Å². The second kappa shape index (κ2) is 10.6. The smallest absolute Gasteiger partial charge is 0.408 e. The lowest BCUT2D eigenvalue weighted by Gasteiger charge is -2.30. The Kier molecular flexibility index (Phi) is 8.18. The first-order chi connectivity index (χ1) is 16.7. The van der Waals surface area contributed by atoms with Gasteiger partial charge in [-0.25, -0.2) is 4.39 Å². The summed E-state index contributed by atoms with van der Waals surface area (Å²) in [7, 11) is 1.17. The van der Waals surface area contributed by atoms with Crippen LogP contribution in [0.4, 0.5) is 36.6 Å². The zero-order valence-corrected chi connectivity index (χ0v) is 20.1. The van der Waals surface area contributed by atoms with Gasteiger partial charge in [0.1, 0.15) is 34.9 Å². The molecule has 0 saturated heterocycles. The van der Waals surface area contributed by atoms with E-state index in [4.69, 9.17) is 16.3 Å². The van der Waals surface area contributed by atoms with Crippen molar-refractivity contribution in [3.63, 3.8) is 0 Å². The molecule has 0 radical (unpaired) electrons. The molecule has 0 aliphatic heterocycles. The van der Waals surface area contributed by atoms with Crippen LogP contribution in [-0.2, 0) is 0 Å². The fourth-order valence-electron chi connectivity index (χ4n) is 3.48. The van der Waals surface area contributed by atoms with Crippen LogP contribution >= 0.6 is 11.6 Å². The number of aromatic nitrogens is 4. The van der Waals surface area contributed by atoms with Gasteiger partial charge in [-0.1, -0.05) is 11.6 Å². The maximum atomic E-state index is 15.4. The molecule has 0 spiro atoms. The summed E-state index contributed by atoms with van der Waals surface area (Å²) in [5.41, 5.74) is 0.0455. The number of fused-ring (bicyclic) bond motifs is 1. The number of anilines is 1. The Labute approximate surface area is 206 Å². The van der Waals surface area contributed by atoms with E-state index in [-0.39, 0.29) is 58.8 Å². The zero-order chi connectivity index (χ0) is 26.8. The molecule has 0 fully saturated rings. The van der Waals surface area contributed by atoms with Gasteiger partial charge in [-0.05, 0) is 38.4 Å². The molecule has 2 heterocycles. The number of ether oxygens (including phenoxy) is 1. The highest BCUT2D eigenvalue weighted by atomic mass is 35.5. The number of nitrogens with zero attached hydrogens (tertiary/aromatic N) is 5. The molecule has 2 aromatic heterocycles. The standard InChI is InChI=1S/C21H22ClF7N6O/c1-11-7-13(36-6-4-5-30-9-20(24,25)26)8-14(23)15(11)16-17(22)33-19-31-10-32-35(19)18(16)34(3)12(2)21(27,28)29/h7-8,10,12,30H,4-6,9H2,1-3H3/t12-/m0/s1. The molecule has 1 N–H and O–H groups in total. The molecule has 3 aromatic rings. The molecule has 1 aromatic carbocycles. The van der Waals surface area contributed by atoms with E-state index in [9.17, 15) is 26.3 Å². The SMILES string of the molecule is Cc1cc(OCCCNCC(F)(F)F)cc(F)c1-c1c(Cl)nc2ncnn2c1N(C)[C@@H](C)C(F)(F)F. The molecule has 0 saturated carbocycles. The molecule has 36 heavy (non-hydrogen) atoms. The van der Waals surface area contributed by atoms with Crippen LogP contribution in [0.5, 0.6) is 5.75 Å². The van der Waals surface area contributed by atoms with Gasteiger partial charge in [-0.15, -0.1) is 0 Å². The third-order valence-corrected chi connectivity index (χ3v) is 5.62. The van der Waals surface area contributed by atoms with Gasteiger partial charge in [-0.2, -0.15) is 45.9 Å². The van der Waals surface area contributed by atoms with Gasteiger partial charge in [0, 0.05) is 18.7 Å². The van der Waals surface area contributed by atoms with Crippen LogP contribution in [0.15, 0.2) is 18.5 Å². The van der Waals surface area contributed by atoms with Crippen LogP contribution in [0, 0.1) is 12.7 Å². The minimum absolute atomic E-state index is 0.00734. The van der Waals surface area contributed by atoms with E-state index in [0.29, 0.717) is 0 Å². The van der Waals surface area contributed by atoms with E-state index in [2.05, 4.69) is 20.4 Å². The molecule has 0 amide bonds. The molecular formula is C21H22ClF7N6O. The Hall–Kier alpha value is -2.87. The summed E-state index contributed by atoms with van der Waals surface area (Å²) in [5, 5.41) is 5.88. The van der Waals surface area contributed by atoms with E-state index < -0.39 is 30.8 Å². The number of hydrogen-bond donors (Lipinski definition) is 1. The second-order valence-corrected chi connectivity index (χ2v) is 8.35. The predicted octanol–water partition coefficient (Wildman–Crippen LogP) is 5.20. The van der Waals surface area contributed by atoms with Gasteiger partial charge >= 0.3 is 12.4 Å². The Morgan fingerprint density at radius 3 is 2.47 bits per heavy atom. The lowest BCUT2D eigenvalue weighted by atomic mass is 10.00. The number of rotatable bonds is 9. The van der Waals surface area contributed by atoms with Crippen molar-refractivity contribution in [2.45, 2.75) is 38.7 Å². The van der Waals surface area contributed by atoms with E-state index in [1.807, 2.05) is 0 Å². The highest BCUT2D eigenvalue weighted by Gasteiger charge is 2.41. The molecule has 0 unspecified atom stereocenters. The third kappa shape index (κ3) is 6.27. The van der Waals surface area contributed by atoms with Gasteiger partial charge in [0.05, 0.1) is 18.7 Å². The summed E-state index contributed by atoms with van der Waals surface area (Å²) in [5.74, 6) is -0.998. The summed E-state index contributed by atoms with van der Waals surface area (Å²) in [6, 6.07) is 0.476. The number of alkyl halides is 6. The monoisotopic (exact) mass is 542 g/mol. The number of aryl methyl sites for hydroxylation is 1. The van der Waals surface area contributed by atoms with E-state index in [1.54, 1.807) is 0 Å². The Balaban J connectivity index is 1.93. The summed E-state index contributed by atoms with van der Waals surface area (Å²) < 4.78 is 98.9. The first kappa shape index (κ1) is 27.7. The van der Waals surface area contributed by atoms with Crippen LogP contribution in [0.25, 0.3) is 16.9 Å². The number of hydrogen-bond acceptors (Lipinski definition) is 6. The summed E-state index contributed by atoms with van der Waals surface area (Å²) in [4.78, 5) is 8.77. The highest BCUT2D eigenvalue weighted by Crippen LogP contribution is 2.42. The quantitative estimate of drug-likeness (QED) is 0.228. The van der Waals surface area contributed by atoms with Gasteiger partial charge in [0.15, 0.2) is 0 Å². The molecule has 0 bridgehead atoms. The Morgan fingerprint density at radius 2 is 1.86 bits per heavy atom. The molecular weight excluding hydrogens is 521 g/mol. The van der Waals surface area contributed by atoms with Crippen molar-refractivity contribution in [3.05, 3.63) is 35.0 Å². The van der Waals surface area contributed by atoms with E-state index in [0.717, 1.165) is 28.7 Å². The number of nitrogens with one attached hydrogen (secondary N) is 1. The third-order valence-electron chi connectivity index (χ3n) is 5.35. The van der Waals surface area contributed by atoms with Crippen LogP contribution in [0.2, 0.25) is 5.15 Å². The molecule has 15 heteroatoms. The van der Waals surface area contributed by atoms with Crippen LogP contribution in [0.3, 0.4) is 0 Å². The van der Waals surface area contributed by atoms with Gasteiger partial charge < -0.3 is 15.0 Å². The maximum Gasteiger partial charge on any atom is 0.408 e. The average molecular weight is 543 g/mol. The second-order valence-electron chi connectivity index (χ2n) is 7.99. The highest BCUT2D eigenvalue weighted by molar-refractivity contribution is 6.33. The summed E-state index contributed by atoms with van der Waals surface area (Å²) in [6.07, 6.45) is -7.63. The lowest BCUT2D eigenvalue weighted by Crippen LogP contribution is -2.42. The molecule has 1 atom stereocenters. The van der Waals surface area contributed by atoms with Crippen molar-refractivity contribution in [2.24, 2.45) is 0 Å². The van der Waals surface area contributed by atoms with Crippen molar-refractivity contribution in [3.8, 4) is 16.9 Å². The van der Waals surface area contributed by atoms with Gasteiger partial charge in [0.2, 0.25) is 0 Å². The number of halogens is 8. The largest absolute Gasteiger partial charge is 0.493 e. The minimum atomic E-state index is -4.62. The van der Waals surface area contributed by atoms with Crippen molar-refractivity contribution >= 4 is 23.2 Å². The van der Waals surface area contributed by atoms with Gasteiger partial charge in [-0.3, -0.25) is 0 Å². The average Bonchev–Trinajstić information content (AvgIpc) is 3.21. The fraction of sp³-hybridized carbons (Fsp3) is 0.476. The maximum absolute atomic E-state index is 15.4. The van der Waals surface area contributed by atoms with Crippen molar-refractivity contribution in [1.29, 1.82) is 0 Å². The van der Waals surface area contributed by atoms with Crippen LogP contribution in [0.1, 0.15) is 18.9 Å². The van der Waals surface area contributed by atoms with E-state index in [1.165, 1.54) is 20.0 Å². The first-order valence-electron chi connectivity index (χ1n) is 10.6. The number of benzene rings is 1. The Morgan fingerprint density at radius 1 is 1.17 bits per heavy atom. The lowest BCUT2D eigenvalue weighted by molar-refractivity contribution is -0.144. The normalized spacial score (nSPS) is 13.3. The van der Waals surface area contributed by atoms with Crippen molar-refractivity contribution in [1.82, 2.24) is 24.9 Å². The molecule has 7 nitrogen and oxygen atoms in total. The predicted molar refractivity (Wildman–Crippen MR) is 119 cm³/mol. The summed E-state index contributed by atoms with van der Waals surface area (Å²) >= 11 is 6.33. The first-order valence-corrected chi connectivity index (χ1v) is 11.0. The van der Waals surface area contributed by atoms with Crippen molar-refractivity contribution in [2.75, 3.05) is 31.6 Å².